The number of nitrogens with one attached hydrogen (secondary N) is 1. The Hall–Kier alpha value is -0.850. The van der Waals surface area contributed by atoms with E-state index < -0.39 is 6.09 Å². The van der Waals surface area contributed by atoms with Gasteiger partial charge in [0.05, 0.1) is 19.3 Å². The third kappa shape index (κ3) is 8.80. The summed E-state index contributed by atoms with van der Waals surface area (Å²) in [5.74, 6) is 0. The Morgan fingerprint density at radius 2 is 1.84 bits per heavy atom. The van der Waals surface area contributed by atoms with Crippen molar-refractivity contribution in [2.24, 2.45) is 0 Å². The van der Waals surface area contributed by atoms with Gasteiger partial charge in [-0.25, -0.2) is 4.79 Å². The summed E-state index contributed by atoms with van der Waals surface area (Å²) in [6.07, 6.45) is 4.97. The van der Waals surface area contributed by atoms with E-state index in [0.29, 0.717) is 6.54 Å². The van der Waals surface area contributed by atoms with E-state index >= 15 is 0 Å². The van der Waals surface area contributed by atoms with Crippen LogP contribution in [0.25, 0.3) is 0 Å². The Morgan fingerprint density at radius 1 is 1.21 bits per heavy atom. The molecule has 1 saturated heterocycles. The molecule has 6 nitrogen and oxygen atoms in total. The first-order valence-corrected chi connectivity index (χ1v) is 7.13. The van der Waals surface area contributed by atoms with E-state index in [4.69, 9.17) is 14.9 Å². The predicted molar refractivity (Wildman–Crippen MR) is 72.4 cm³/mol. The molecule has 0 atom stereocenters. The van der Waals surface area contributed by atoms with Crippen LogP contribution >= 0.6 is 0 Å². The van der Waals surface area contributed by atoms with Crippen LogP contribution < -0.4 is 5.32 Å². The Morgan fingerprint density at radius 3 is 2.32 bits per heavy atom. The molecule has 0 spiro atoms. The lowest BCUT2D eigenvalue weighted by Crippen LogP contribution is -2.41. The maximum atomic E-state index is 10.1. The van der Waals surface area contributed by atoms with Crippen molar-refractivity contribution in [2.75, 3.05) is 39.4 Å². The third-order valence-electron chi connectivity index (χ3n) is 3.38. The first kappa shape index (κ1) is 16.2. The lowest BCUT2D eigenvalue weighted by atomic mass is 9.98. The minimum Gasteiger partial charge on any atom is -0.465 e. The Kier molecular flexibility index (Phi) is 8.53. The second-order valence-corrected chi connectivity index (χ2v) is 4.98. The highest BCUT2D eigenvalue weighted by molar-refractivity contribution is 5.64. The van der Waals surface area contributed by atoms with Crippen LogP contribution in [-0.4, -0.2) is 66.7 Å². The molecule has 0 aromatic heterocycles. The second kappa shape index (κ2) is 10.00. The molecule has 2 aliphatic rings. The molecule has 3 N–H and O–H groups in total. The maximum Gasteiger partial charge on any atom is 0.404 e. The largest absolute Gasteiger partial charge is 0.465 e. The van der Waals surface area contributed by atoms with Gasteiger partial charge >= 0.3 is 6.09 Å². The molecule has 2 fully saturated rings. The molecule has 0 aromatic rings. The summed E-state index contributed by atoms with van der Waals surface area (Å²) in [6.45, 7) is 4.59. The first-order chi connectivity index (χ1) is 9.18. The van der Waals surface area contributed by atoms with Crippen LogP contribution in [0, 0.1) is 0 Å². The highest BCUT2D eigenvalue weighted by Crippen LogP contribution is 2.16. The molecular weight excluding hydrogens is 248 g/mol. The van der Waals surface area contributed by atoms with Crippen LogP contribution in [0.1, 0.15) is 32.1 Å². The Labute approximate surface area is 114 Å². The summed E-state index contributed by atoms with van der Waals surface area (Å²) in [4.78, 5) is 12.3. The fourth-order valence-corrected chi connectivity index (χ4v) is 2.23. The summed E-state index contributed by atoms with van der Waals surface area (Å²) in [7, 11) is 0. The first-order valence-electron chi connectivity index (χ1n) is 7.13. The fraction of sp³-hybridized carbons (Fsp3) is 0.923. The van der Waals surface area contributed by atoms with E-state index in [9.17, 15) is 4.79 Å². The van der Waals surface area contributed by atoms with Crippen molar-refractivity contribution in [3.8, 4) is 0 Å². The monoisotopic (exact) mass is 274 g/mol. The molecule has 0 bridgehead atoms. The number of hydrogen-bond acceptors (Lipinski definition) is 4. The molecule has 0 aromatic carbocycles. The zero-order valence-corrected chi connectivity index (χ0v) is 11.5. The Bertz CT molecular complexity index is 239. The predicted octanol–water partition coefficient (Wildman–Crippen LogP) is 0.898. The number of carboxylic acid groups (broad SMARTS) is 1. The summed E-state index contributed by atoms with van der Waals surface area (Å²) >= 11 is 0. The lowest BCUT2D eigenvalue weighted by molar-refractivity contribution is 0.0385. The van der Waals surface area contributed by atoms with Crippen LogP contribution in [0.15, 0.2) is 0 Å². The number of ether oxygens (including phenoxy) is 1. The van der Waals surface area contributed by atoms with Gasteiger partial charge in [0.25, 0.3) is 0 Å². The minimum absolute atomic E-state index is 0.0359. The van der Waals surface area contributed by atoms with Crippen LogP contribution in [0.3, 0.4) is 0 Å². The molecule has 0 unspecified atom stereocenters. The molecule has 6 heteroatoms. The van der Waals surface area contributed by atoms with Gasteiger partial charge in [0.2, 0.25) is 0 Å². The van der Waals surface area contributed by atoms with Crippen LogP contribution in [-0.2, 0) is 4.74 Å². The smallest absolute Gasteiger partial charge is 0.404 e. The second-order valence-electron chi connectivity index (χ2n) is 4.98. The van der Waals surface area contributed by atoms with Gasteiger partial charge in [0.15, 0.2) is 0 Å². The van der Waals surface area contributed by atoms with Gasteiger partial charge in [-0.15, -0.1) is 0 Å². The summed E-state index contributed by atoms with van der Waals surface area (Å²) in [5.41, 5.74) is 0. The van der Waals surface area contributed by atoms with Crippen molar-refractivity contribution in [2.45, 2.75) is 38.2 Å². The number of hydrogen-bond donors (Lipinski definition) is 3. The van der Waals surface area contributed by atoms with Gasteiger partial charge in [-0.2, -0.15) is 0 Å². The van der Waals surface area contributed by atoms with Gasteiger partial charge in [-0.3, -0.25) is 4.90 Å². The molecule has 112 valence electrons. The van der Waals surface area contributed by atoms with E-state index in [1.54, 1.807) is 0 Å². The van der Waals surface area contributed by atoms with Crippen molar-refractivity contribution in [1.29, 1.82) is 0 Å². The van der Waals surface area contributed by atoms with Crippen LogP contribution in [0.2, 0.25) is 0 Å². The van der Waals surface area contributed by atoms with Crippen molar-refractivity contribution < 1.29 is 19.7 Å². The average molecular weight is 274 g/mol. The SMILES string of the molecule is O=C(O)NCCN1CCOCC1.OC1CCCCC1. The standard InChI is InChI=1S/C7H14N2O3.C6H12O/c10-7(11)8-1-2-9-3-5-12-6-4-9;7-6-4-2-1-3-5-6/h8H,1-6H2,(H,10,11);6-7H,1-5H2. The number of carbonyl (C=O) groups is 1. The van der Waals surface area contributed by atoms with Crippen molar-refractivity contribution >= 4 is 6.09 Å². The van der Waals surface area contributed by atoms with E-state index in [1.807, 2.05) is 0 Å². The van der Waals surface area contributed by atoms with Gasteiger partial charge < -0.3 is 20.3 Å². The molecule has 1 aliphatic heterocycles. The van der Waals surface area contributed by atoms with Gasteiger partial charge in [0, 0.05) is 26.2 Å². The molecule has 2 rings (SSSR count). The quantitative estimate of drug-likeness (QED) is 0.712. The number of morpholine rings is 1. The van der Waals surface area contributed by atoms with E-state index in [-0.39, 0.29) is 6.10 Å². The zero-order valence-electron chi connectivity index (χ0n) is 11.5. The van der Waals surface area contributed by atoms with E-state index in [1.165, 1.54) is 19.3 Å². The van der Waals surface area contributed by atoms with Crippen molar-refractivity contribution in [3.63, 3.8) is 0 Å². The lowest BCUT2D eigenvalue weighted by Gasteiger charge is -2.26. The summed E-state index contributed by atoms with van der Waals surface area (Å²) in [6, 6.07) is 0. The number of rotatable bonds is 3. The van der Waals surface area contributed by atoms with Crippen molar-refractivity contribution in [3.05, 3.63) is 0 Å². The molecule has 1 amide bonds. The van der Waals surface area contributed by atoms with Crippen molar-refractivity contribution in [1.82, 2.24) is 10.2 Å². The van der Waals surface area contributed by atoms with Crippen LogP contribution in [0.5, 0.6) is 0 Å². The maximum absolute atomic E-state index is 10.1. The van der Waals surface area contributed by atoms with Gasteiger partial charge in [0.1, 0.15) is 0 Å². The van der Waals surface area contributed by atoms with Crippen LogP contribution in [0.4, 0.5) is 4.79 Å². The molecule has 0 radical (unpaired) electrons. The normalized spacial score (nSPS) is 21.3. The van der Waals surface area contributed by atoms with E-state index in [0.717, 1.165) is 45.7 Å². The summed E-state index contributed by atoms with van der Waals surface area (Å²) in [5, 5.41) is 19.5. The topological polar surface area (TPSA) is 82.0 Å². The third-order valence-corrected chi connectivity index (χ3v) is 3.38. The average Bonchev–Trinajstić information content (AvgIpc) is 2.41. The zero-order chi connectivity index (χ0) is 13.9. The fourth-order valence-electron chi connectivity index (χ4n) is 2.23. The minimum atomic E-state index is -0.955. The number of aliphatic hydroxyl groups is 1. The Balaban J connectivity index is 0.000000218. The highest BCUT2D eigenvalue weighted by atomic mass is 16.5. The number of nitrogens with zero attached hydrogens (tertiary/aromatic N) is 1. The molecular formula is C13H26N2O4. The highest BCUT2D eigenvalue weighted by Gasteiger charge is 2.09. The molecule has 1 aliphatic carbocycles. The van der Waals surface area contributed by atoms with E-state index in [2.05, 4.69) is 10.2 Å². The van der Waals surface area contributed by atoms with Gasteiger partial charge in [-0.1, -0.05) is 19.3 Å². The molecule has 1 heterocycles. The summed E-state index contributed by atoms with van der Waals surface area (Å²) < 4.78 is 5.15. The molecule has 1 saturated carbocycles. The number of aliphatic hydroxyl groups excluding tert-OH is 1. The van der Waals surface area contributed by atoms with Gasteiger partial charge in [-0.05, 0) is 12.8 Å². The number of amides is 1. The molecule has 19 heavy (non-hydrogen) atoms.